The Bertz CT molecular complexity index is 870. The maximum Gasteiger partial charge on any atom is 0.251 e. The van der Waals surface area contributed by atoms with Crippen molar-refractivity contribution in [2.75, 3.05) is 20.3 Å². The number of hydrogen-bond donors (Lipinski definition) is 7. The van der Waals surface area contributed by atoms with E-state index in [0.717, 1.165) is 19.3 Å². The largest absolute Gasteiger partial charge is 0.497 e. The monoisotopic (exact) mass is 613 g/mol. The lowest BCUT2D eigenvalue weighted by atomic mass is 9.98. The number of carbonyl (C=O) groups is 1. The molecule has 43 heavy (non-hydrogen) atoms. The lowest BCUT2D eigenvalue weighted by molar-refractivity contribution is -0.303. The molecule has 0 bridgehead atoms. The average Bonchev–Trinajstić information content (AvgIpc) is 3.02. The highest BCUT2D eigenvalue weighted by Gasteiger charge is 2.44. The van der Waals surface area contributed by atoms with Crippen molar-refractivity contribution >= 4 is 5.91 Å². The van der Waals surface area contributed by atoms with Gasteiger partial charge >= 0.3 is 0 Å². The van der Waals surface area contributed by atoms with Crippen molar-refractivity contribution < 1.29 is 49.6 Å². The molecule has 1 saturated heterocycles. The van der Waals surface area contributed by atoms with Crippen LogP contribution in [0.3, 0.4) is 0 Å². The molecule has 0 spiro atoms. The fourth-order valence-electron chi connectivity index (χ4n) is 5.26. The highest BCUT2D eigenvalue weighted by Crippen LogP contribution is 2.23. The van der Waals surface area contributed by atoms with Crippen LogP contribution in [-0.2, 0) is 9.47 Å². The molecule has 1 aliphatic heterocycles. The first kappa shape index (κ1) is 37.4. The second-order valence-corrected chi connectivity index (χ2v) is 11.6. The lowest BCUT2D eigenvalue weighted by Gasteiger charge is -2.40. The van der Waals surface area contributed by atoms with E-state index >= 15 is 0 Å². The number of amides is 1. The van der Waals surface area contributed by atoms with Crippen LogP contribution < -0.4 is 10.1 Å². The number of aliphatic hydroxyl groups excluding tert-OH is 6. The van der Waals surface area contributed by atoms with Crippen molar-refractivity contribution in [3.05, 3.63) is 29.8 Å². The molecule has 7 N–H and O–H groups in total. The Kier molecular flexibility index (Phi) is 18.2. The van der Waals surface area contributed by atoms with Crippen LogP contribution in [0.25, 0.3) is 0 Å². The molecule has 1 heterocycles. The van der Waals surface area contributed by atoms with Gasteiger partial charge in [-0.05, 0) is 30.7 Å². The molecule has 0 radical (unpaired) electrons. The highest BCUT2D eigenvalue weighted by atomic mass is 16.7. The highest BCUT2D eigenvalue weighted by molar-refractivity contribution is 5.94. The van der Waals surface area contributed by atoms with Crippen LogP contribution in [0.2, 0.25) is 0 Å². The number of rotatable bonds is 22. The van der Waals surface area contributed by atoms with Crippen LogP contribution in [0.1, 0.15) is 101 Å². The summed E-state index contributed by atoms with van der Waals surface area (Å²) in [6.45, 7) is 1.21. The van der Waals surface area contributed by atoms with Crippen molar-refractivity contribution in [2.24, 2.45) is 0 Å². The van der Waals surface area contributed by atoms with Gasteiger partial charge in [-0.2, -0.15) is 0 Å². The predicted molar refractivity (Wildman–Crippen MR) is 162 cm³/mol. The first-order valence-corrected chi connectivity index (χ1v) is 16.0. The molecule has 8 atom stereocenters. The molecule has 2 rings (SSSR count). The summed E-state index contributed by atoms with van der Waals surface area (Å²) < 4.78 is 16.1. The first-order valence-electron chi connectivity index (χ1n) is 16.0. The topological polar surface area (TPSA) is 178 Å². The van der Waals surface area contributed by atoms with E-state index in [4.69, 9.17) is 14.2 Å². The van der Waals surface area contributed by atoms with Gasteiger partial charge < -0.3 is 50.2 Å². The molecule has 0 saturated carbocycles. The molecule has 1 amide bonds. The smallest absolute Gasteiger partial charge is 0.251 e. The summed E-state index contributed by atoms with van der Waals surface area (Å²) in [6, 6.07) is 5.24. The predicted octanol–water partition coefficient (Wildman–Crippen LogP) is 2.42. The Labute approximate surface area is 256 Å². The van der Waals surface area contributed by atoms with Gasteiger partial charge in [-0.3, -0.25) is 4.79 Å². The molecule has 1 aromatic carbocycles. The zero-order chi connectivity index (χ0) is 31.6. The molecular weight excluding hydrogens is 558 g/mol. The normalized spacial score (nSPS) is 24.3. The van der Waals surface area contributed by atoms with Crippen LogP contribution in [0.5, 0.6) is 5.75 Å². The third-order valence-electron chi connectivity index (χ3n) is 8.12. The summed E-state index contributed by atoms with van der Waals surface area (Å²) >= 11 is 0. The maximum absolute atomic E-state index is 13.0. The number of nitrogens with one attached hydrogen (secondary N) is 1. The van der Waals surface area contributed by atoms with Crippen molar-refractivity contribution in [1.29, 1.82) is 0 Å². The Balaban J connectivity index is 1.88. The molecule has 0 aliphatic carbocycles. The molecule has 248 valence electrons. The number of carbonyl (C=O) groups excluding carboxylic acids is 1. The Morgan fingerprint density at radius 3 is 1.95 bits per heavy atom. The summed E-state index contributed by atoms with van der Waals surface area (Å²) in [7, 11) is 1.51. The number of benzene rings is 1. The summed E-state index contributed by atoms with van der Waals surface area (Å²) in [4.78, 5) is 13.0. The summed E-state index contributed by atoms with van der Waals surface area (Å²) in [5.74, 6) is 0.0404. The van der Waals surface area contributed by atoms with Crippen LogP contribution in [0.15, 0.2) is 24.3 Å². The van der Waals surface area contributed by atoms with Gasteiger partial charge in [0, 0.05) is 5.56 Å². The van der Waals surface area contributed by atoms with E-state index in [2.05, 4.69) is 12.2 Å². The molecule has 1 aliphatic rings. The molecule has 1 aromatic rings. The zero-order valence-electron chi connectivity index (χ0n) is 25.9. The van der Waals surface area contributed by atoms with Crippen molar-refractivity contribution in [1.82, 2.24) is 5.32 Å². The molecule has 0 aromatic heterocycles. The molecule has 11 heteroatoms. The quantitative estimate of drug-likeness (QED) is 0.0961. The van der Waals surface area contributed by atoms with E-state index in [1.54, 1.807) is 24.3 Å². The Morgan fingerprint density at radius 2 is 1.42 bits per heavy atom. The van der Waals surface area contributed by atoms with Crippen molar-refractivity contribution in [2.45, 2.75) is 139 Å². The fourth-order valence-corrected chi connectivity index (χ4v) is 5.26. The molecule has 11 nitrogen and oxygen atoms in total. The number of aliphatic hydroxyl groups is 6. The third-order valence-corrected chi connectivity index (χ3v) is 8.12. The summed E-state index contributed by atoms with van der Waals surface area (Å²) in [5.41, 5.74) is 0.293. The molecule has 1 fully saturated rings. The van der Waals surface area contributed by atoms with E-state index in [-0.39, 0.29) is 6.61 Å². The van der Waals surface area contributed by atoms with E-state index in [9.17, 15) is 35.4 Å². The zero-order valence-corrected chi connectivity index (χ0v) is 25.9. The van der Waals surface area contributed by atoms with Gasteiger partial charge in [-0.15, -0.1) is 0 Å². The second-order valence-electron chi connectivity index (χ2n) is 11.6. The van der Waals surface area contributed by atoms with E-state index in [1.807, 2.05) is 0 Å². The Hall–Kier alpha value is -1.83. The van der Waals surface area contributed by atoms with Gasteiger partial charge in [-0.1, -0.05) is 84.0 Å². The van der Waals surface area contributed by atoms with Gasteiger partial charge in [0.15, 0.2) is 6.29 Å². The van der Waals surface area contributed by atoms with Crippen LogP contribution in [-0.4, -0.2) is 106 Å². The van der Waals surface area contributed by atoms with Crippen LogP contribution in [0.4, 0.5) is 0 Å². The van der Waals surface area contributed by atoms with Gasteiger partial charge in [-0.25, -0.2) is 0 Å². The van der Waals surface area contributed by atoms with Gasteiger partial charge in [0.25, 0.3) is 5.91 Å². The van der Waals surface area contributed by atoms with E-state index in [1.165, 1.54) is 58.5 Å². The third kappa shape index (κ3) is 13.0. The standard InChI is InChI=1S/C32H55NO10/c1-3-4-5-6-7-8-9-10-11-12-13-14-15-25(35)27(36)24(33-31(40)22-16-18-23(41-2)19-17-22)21-42-32-30(39)29(38)28(37)26(20-34)43-32/h16-19,24-30,32,34-39H,3-15,20-21H2,1-2H3,(H,33,40)/t24?,25?,26-,27?,28+,29+,30-,32+/m1/s1. The number of hydrogen-bond acceptors (Lipinski definition) is 10. The SMILES string of the molecule is CCCCCCCCCCCCCCC(O)C(O)C(CO[C@H]1O[C@H](CO)[C@H](O)[C@H](O)[C@H]1O)NC(=O)c1ccc(OC)cc1. The first-order chi connectivity index (χ1) is 20.7. The minimum atomic E-state index is -1.64. The number of ether oxygens (including phenoxy) is 3. The summed E-state index contributed by atoms with van der Waals surface area (Å²) in [5, 5.41) is 64.3. The average molecular weight is 614 g/mol. The van der Waals surface area contributed by atoms with E-state index < -0.39 is 61.5 Å². The number of methoxy groups -OCH3 is 1. The van der Waals surface area contributed by atoms with Gasteiger partial charge in [0.1, 0.15) is 36.3 Å². The fraction of sp³-hybridized carbons (Fsp3) is 0.781. The minimum absolute atomic E-state index is 0.293. The maximum atomic E-state index is 13.0. The van der Waals surface area contributed by atoms with Crippen LogP contribution >= 0.6 is 0 Å². The van der Waals surface area contributed by atoms with E-state index in [0.29, 0.717) is 24.2 Å². The number of unbranched alkanes of at least 4 members (excludes halogenated alkanes) is 11. The van der Waals surface area contributed by atoms with Crippen LogP contribution in [0, 0.1) is 0 Å². The van der Waals surface area contributed by atoms with Gasteiger partial charge in [0.2, 0.25) is 0 Å². The van der Waals surface area contributed by atoms with Crippen molar-refractivity contribution in [3.8, 4) is 5.75 Å². The molecular formula is C32H55NO10. The van der Waals surface area contributed by atoms with Gasteiger partial charge in [0.05, 0.1) is 32.5 Å². The van der Waals surface area contributed by atoms with Crippen molar-refractivity contribution in [3.63, 3.8) is 0 Å². The second kappa shape index (κ2) is 21.0. The Morgan fingerprint density at radius 1 is 0.860 bits per heavy atom. The summed E-state index contributed by atoms with van der Waals surface area (Å²) in [6.07, 6.45) is 4.43. The molecule has 3 unspecified atom stereocenters. The minimum Gasteiger partial charge on any atom is -0.497 e. The lowest BCUT2D eigenvalue weighted by Crippen LogP contribution is -2.60.